The number of hydrogen-bond donors (Lipinski definition) is 1. The Morgan fingerprint density at radius 3 is 2.80 bits per heavy atom. The van der Waals surface area contributed by atoms with Gasteiger partial charge in [0.1, 0.15) is 0 Å². The van der Waals surface area contributed by atoms with Crippen molar-refractivity contribution in [1.29, 1.82) is 0 Å². The number of nitrogens with two attached hydrogens (primary N) is 1. The quantitative estimate of drug-likeness (QED) is 0.816. The fraction of sp³-hybridized carbons (Fsp3) is 0.400. The van der Waals surface area contributed by atoms with Gasteiger partial charge in [-0.05, 0) is 24.6 Å². The van der Waals surface area contributed by atoms with Crippen molar-refractivity contribution < 1.29 is 4.84 Å². The molecular formula is C10H12Cl2N2O. The Kier molecular flexibility index (Phi) is 3.36. The van der Waals surface area contributed by atoms with Crippen LogP contribution >= 0.6 is 23.2 Å². The molecule has 5 heteroatoms. The van der Waals surface area contributed by atoms with Crippen LogP contribution in [0.3, 0.4) is 0 Å². The summed E-state index contributed by atoms with van der Waals surface area (Å²) in [6.07, 6.45) is 1.02. The van der Waals surface area contributed by atoms with Crippen LogP contribution in [-0.4, -0.2) is 19.2 Å². The first kappa shape index (κ1) is 11.0. The van der Waals surface area contributed by atoms with Gasteiger partial charge in [0, 0.05) is 18.1 Å². The average molecular weight is 247 g/mol. The summed E-state index contributed by atoms with van der Waals surface area (Å²) in [5, 5.41) is 1.31. The van der Waals surface area contributed by atoms with Gasteiger partial charge in [-0.1, -0.05) is 23.2 Å². The molecule has 1 atom stereocenters. The fourth-order valence-corrected chi connectivity index (χ4v) is 2.32. The van der Waals surface area contributed by atoms with Gasteiger partial charge in [0.15, 0.2) is 0 Å². The number of rotatable bonds is 2. The van der Waals surface area contributed by atoms with Crippen LogP contribution in [0.1, 0.15) is 6.42 Å². The smallest absolute Gasteiger partial charge is 0.0978 e. The highest BCUT2D eigenvalue weighted by molar-refractivity contribution is 6.36. The Morgan fingerprint density at radius 1 is 1.40 bits per heavy atom. The van der Waals surface area contributed by atoms with E-state index in [0.29, 0.717) is 10.0 Å². The molecule has 1 aliphatic rings. The third-order valence-corrected chi connectivity index (χ3v) is 3.13. The molecule has 1 aliphatic heterocycles. The largest absolute Gasteiger partial charge is 0.368 e. The van der Waals surface area contributed by atoms with Crippen molar-refractivity contribution in [3.05, 3.63) is 28.2 Å². The molecule has 82 valence electrons. The summed E-state index contributed by atoms with van der Waals surface area (Å²) in [5.74, 6) is 5.16. The van der Waals surface area contributed by atoms with E-state index in [1.807, 2.05) is 12.1 Å². The van der Waals surface area contributed by atoms with Gasteiger partial charge in [-0.2, -0.15) is 0 Å². The fourth-order valence-electron chi connectivity index (χ4n) is 1.80. The van der Waals surface area contributed by atoms with Gasteiger partial charge < -0.3 is 4.90 Å². The van der Waals surface area contributed by atoms with Gasteiger partial charge >= 0.3 is 0 Å². The molecule has 1 aromatic carbocycles. The van der Waals surface area contributed by atoms with Gasteiger partial charge in [-0.25, -0.2) is 5.90 Å². The van der Waals surface area contributed by atoms with Crippen molar-refractivity contribution in [1.82, 2.24) is 0 Å². The maximum Gasteiger partial charge on any atom is 0.0978 e. The van der Waals surface area contributed by atoms with Crippen LogP contribution in [-0.2, 0) is 4.84 Å². The third-order valence-electron chi connectivity index (χ3n) is 2.59. The first-order valence-corrected chi connectivity index (χ1v) is 5.52. The van der Waals surface area contributed by atoms with Crippen molar-refractivity contribution in [3.8, 4) is 0 Å². The number of hydrogen-bond acceptors (Lipinski definition) is 3. The summed E-state index contributed by atoms with van der Waals surface area (Å²) in [4.78, 5) is 6.96. The van der Waals surface area contributed by atoms with Crippen LogP contribution in [0.5, 0.6) is 0 Å². The monoisotopic (exact) mass is 246 g/mol. The molecule has 2 rings (SSSR count). The lowest BCUT2D eigenvalue weighted by Gasteiger charge is -2.19. The third kappa shape index (κ3) is 2.37. The lowest BCUT2D eigenvalue weighted by molar-refractivity contribution is 0.0690. The second-order valence-electron chi connectivity index (χ2n) is 3.59. The van der Waals surface area contributed by atoms with Gasteiger partial charge in [-0.3, -0.25) is 4.84 Å². The second kappa shape index (κ2) is 4.58. The maximum atomic E-state index is 6.10. The molecule has 15 heavy (non-hydrogen) atoms. The van der Waals surface area contributed by atoms with Gasteiger partial charge in [0.2, 0.25) is 0 Å². The van der Waals surface area contributed by atoms with E-state index in [4.69, 9.17) is 33.9 Å². The molecule has 1 unspecified atom stereocenters. The van der Waals surface area contributed by atoms with Crippen LogP contribution in [0, 0.1) is 0 Å². The molecule has 1 saturated heterocycles. The minimum Gasteiger partial charge on any atom is -0.368 e. The zero-order valence-corrected chi connectivity index (χ0v) is 9.63. The summed E-state index contributed by atoms with van der Waals surface area (Å²) in [6, 6.07) is 5.50. The van der Waals surface area contributed by atoms with Crippen molar-refractivity contribution >= 4 is 28.9 Å². The van der Waals surface area contributed by atoms with Crippen LogP contribution in [0.25, 0.3) is 0 Å². The zero-order chi connectivity index (χ0) is 10.8. The van der Waals surface area contributed by atoms with Crippen LogP contribution in [0.4, 0.5) is 5.69 Å². The van der Waals surface area contributed by atoms with E-state index in [-0.39, 0.29) is 6.10 Å². The van der Waals surface area contributed by atoms with E-state index in [1.54, 1.807) is 6.07 Å². The standard InChI is InChI=1S/C10H12Cl2N2O/c11-7-1-2-10(9(12)5-7)14-4-3-8(6-14)15-13/h1-2,5,8H,3-4,6,13H2. The molecule has 0 spiro atoms. The van der Waals surface area contributed by atoms with E-state index < -0.39 is 0 Å². The van der Waals surface area contributed by atoms with Crippen molar-refractivity contribution in [3.63, 3.8) is 0 Å². The topological polar surface area (TPSA) is 38.5 Å². The summed E-state index contributed by atoms with van der Waals surface area (Å²) in [5.41, 5.74) is 0.987. The van der Waals surface area contributed by atoms with E-state index in [9.17, 15) is 0 Å². The number of anilines is 1. The molecule has 0 radical (unpaired) electrons. The highest BCUT2D eigenvalue weighted by atomic mass is 35.5. The van der Waals surface area contributed by atoms with Crippen LogP contribution in [0.15, 0.2) is 18.2 Å². The Morgan fingerprint density at radius 2 is 2.20 bits per heavy atom. The van der Waals surface area contributed by atoms with Crippen LogP contribution < -0.4 is 10.8 Å². The van der Waals surface area contributed by atoms with E-state index in [1.165, 1.54) is 0 Å². The molecule has 0 amide bonds. The normalized spacial score (nSPS) is 21.0. The highest BCUT2D eigenvalue weighted by Gasteiger charge is 2.24. The van der Waals surface area contributed by atoms with Crippen molar-refractivity contribution in [2.45, 2.75) is 12.5 Å². The average Bonchev–Trinajstić information content (AvgIpc) is 2.66. The van der Waals surface area contributed by atoms with Gasteiger partial charge in [0.05, 0.1) is 16.8 Å². The Labute approximate surface area is 98.7 Å². The summed E-state index contributed by atoms with van der Waals surface area (Å²) in [7, 11) is 0. The maximum absolute atomic E-state index is 6.10. The minimum atomic E-state index is 0.0942. The number of nitrogens with zero attached hydrogens (tertiary/aromatic N) is 1. The predicted octanol–water partition coefficient (Wildman–Crippen LogP) is 2.46. The lowest BCUT2D eigenvalue weighted by Crippen LogP contribution is -2.24. The summed E-state index contributed by atoms with van der Waals surface area (Å²) >= 11 is 11.9. The van der Waals surface area contributed by atoms with Crippen molar-refractivity contribution in [2.24, 2.45) is 5.90 Å². The summed E-state index contributed by atoms with van der Waals surface area (Å²) in [6.45, 7) is 1.68. The Bertz CT molecular complexity index is 359. The molecule has 3 nitrogen and oxygen atoms in total. The second-order valence-corrected chi connectivity index (χ2v) is 4.43. The molecule has 1 heterocycles. The first-order chi connectivity index (χ1) is 7.20. The Balaban J connectivity index is 2.17. The van der Waals surface area contributed by atoms with Gasteiger partial charge in [-0.15, -0.1) is 0 Å². The van der Waals surface area contributed by atoms with Crippen molar-refractivity contribution in [2.75, 3.05) is 18.0 Å². The molecular weight excluding hydrogens is 235 g/mol. The molecule has 0 saturated carbocycles. The minimum absolute atomic E-state index is 0.0942. The molecule has 1 aromatic rings. The first-order valence-electron chi connectivity index (χ1n) is 4.76. The molecule has 0 bridgehead atoms. The van der Waals surface area contributed by atoms with E-state index in [0.717, 1.165) is 25.2 Å². The van der Waals surface area contributed by atoms with E-state index >= 15 is 0 Å². The summed E-state index contributed by atoms with van der Waals surface area (Å²) < 4.78 is 0. The molecule has 1 fully saturated rings. The highest BCUT2D eigenvalue weighted by Crippen LogP contribution is 2.31. The SMILES string of the molecule is NOC1CCN(c2ccc(Cl)cc2Cl)C1. The predicted molar refractivity (Wildman–Crippen MR) is 62.4 cm³/mol. The molecule has 0 aliphatic carbocycles. The number of halogens is 2. The number of benzene rings is 1. The zero-order valence-electron chi connectivity index (χ0n) is 8.12. The van der Waals surface area contributed by atoms with E-state index in [2.05, 4.69) is 4.90 Å². The van der Waals surface area contributed by atoms with Crippen LogP contribution in [0.2, 0.25) is 10.0 Å². The molecule has 0 aromatic heterocycles. The Hall–Kier alpha value is -0.480. The molecule has 2 N–H and O–H groups in total. The van der Waals surface area contributed by atoms with Gasteiger partial charge in [0.25, 0.3) is 0 Å². The lowest BCUT2D eigenvalue weighted by atomic mass is 10.3.